The molecule has 0 atom stereocenters. The van der Waals surface area contributed by atoms with Crippen molar-refractivity contribution >= 4 is 39.0 Å². The summed E-state index contributed by atoms with van der Waals surface area (Å²) in [7, 11) is -3.74. The number of carbonyl (C=O) groups excluding carboxylic acids is 2. The smallest absolute Gasteiger partial charge is 0.414 e. The van der Waals surface area contributed by atoms with Crippen LogP contribution in [0, 0.1) is 13.8 Å². The molecule has 0 spiro atoms. The van der Waals surface area contributed by atoms with Gasteiger partial charge in [-0.3, -0.25) is 9.69 Å². The van der Waals surface area contributed by atoms with Crippen LogP contribution in [0.2, 0.25) is 0 Å². The minimum atomic E-state index is -3.74. The van der Waals surface area contributed by atoms with Crippen LogP contribution in [0.5, 0.6) is 0 Å². The number of benzene rings is 1. The summed E-state index contributed by atoms with van der Waals surface area (Å²) in [4.78, 5) is 29.5. The molecule has 4 rings (SSSR count). The van der Waals surface area contributed by atoms with Crippen molar-refractivity contribution in [1.29, 1.82) is 0 Å². The summed E-state index contributed by atoms with van der Waals surface area (Å²) in [6.45, 7) is 4.41. The van der Waals surface area contributed by atoms with E-state index in [0.717, 1.165) is 28.2 Å². The highest BCUT2D eigenvalue weighted by Gasteiger charge is 2.38. The molecule has 1 fully saturated rings. The van der Waals surface area contributed by atoms with Crippen molar-refractivity contribution < 1.29 is 22.7 Å². The number of nitrogens with two attached hydrogens (primary N) is 1. The summed E-state index contributed by atoms with van der Waals surface area (Å²) < 4.78 is 33.2. The van der Waals surface area contributed by atoms with E-state index in [4.69, 9.17) is 10.5 Å². The summed E-state index contributed by atoms with van der Waals surface area (Å²) >= 11 is 0.984. The van der Waals surface area contributed by atoms with Crippen LogP contribution in [0.3, 0.4) is 0 Å². The molecule has 0 radical (unpaired) electrons. The van der Waals surface area contributed by atoms with E-state index in [9.17, 15) is 18.0 Å². The third-order valence-electron chi connectivity index (χ3n) is 5.53. The van der Waals surface area contributed by atoms with Crippen molar-refractivity contribution in [1.82, 2.24) is 9.29 Å². The summed E-state index contributed by atoms with van der Waals surface area (Å²) in [6.07, 6.45) is 0.507. The first-order valence-electron chi connectivity index (χ1n) is 9.97. The number of primary amides is 1. The van der Waals surface area contributed by atoms with Crippen LogP contribution in [-0.2, 0) is 32.6 Å². The Morgan fingerprint density at radius 3 is 2.68 bits per heavy atom. The molecule has 0 bridgehead atoms. The standard InChI is InChI=1S/C20H24N4O5S2/c1-12-3-4-16-14(9-12)11-29-20(26)24(16)15-5-7-23(8-6-15)31(27,28)19-13(2)22-18(30-19)10-17(21)25/h3-4,9,15H,5-8,10-11H2,1-2H3,(H2,21,25). The predicted octanol–water partition coefficient (Wildman–Crippen LogP) is 2.10. The van der Waals surface area contributed by atoms with Crippen molar-refractivity contribution in [3.63, 3.8) is 0 Å². The van der Waals surface area contributed by atoms with Crippen LogP contribution in [-0.4, -0.2) is 48.8 Å². The van der Waals surface area contributed by atoms with Gasteiger partial charge in [-0.25, -0.2) is 18.2 Å². The second-order valence-corrected chi connectivity index (χ2v) is 11.0. The Morgan fingerprint density at radius 2 is 2.00 bits per heavy atom. The zero-order chi connectivity index (χ0) is 22.3. The number of amides is 2. The van der Waals surface area contributed by atoms with Gasteiger partial charge in [0.25, 0.3) is 10.0 Å². The lowest BCUT2D eigenvalue weighted by Gasteiger charge is -2.39. The topological polar surface area (TPSA) is 123 Å². The number of nitrogens with zero attached hydrogens (tertiary/aromatic N) is 3. The number of piperidine rings is 1. The molecule has 2 amide bonds. The average Bonchev–Trinajstić information content (AvgIpc) is 3.08. The molecule has 31 heavy (non-hydrogen) atoms. The average molecular weight is 465 g/mol. The molecule has 2 N–H and O–H groups in total. The molecule has 2 aliphatic rings. The molecule has 0 aliphatic carbocycles. The normalized spacial score (nSPS) is 18.0. The summed E-state index contributed by atoms with van der Waals surface area (Å²) in [5, 5.41) is 0.390. The van der Waals surface area contributed by atoms with Crippen molar-refractivity contribution in [3.05, 3.63) is 40.0 Å². The van der Waals surface area contributed by atoms with Crippen LogP contribution in [0.25, 0.3) is 0 Å². The SMILES string of the molecule is Cc1ccc2c(c1)COC(=O)N2C1CCN(S(=O)(=O)c2sc(CC(N)=O)nc2C)CC1. The van der Waals surface area contributed by atoms with Crippen LogP contribution in [0.4, 0.5) is 10.5 Å². The molecule has 2 aromatic rings. The number of sulfonamides is 1. The fourth-order valence-corrected chi connectivity index (χ4v) is 7.25. The number of hydrogen-bond acceptors (Lipinski definition) is 7. The van der Waals surface area contributed by atoms with E-state index in [1.54, 1.807) is 11.8 Å². The maximum atomic E-state index is 13.2. The van der Waals surface area contributed by atoms with Gasteiger partial charge >= 0.3 is 6.09 Å². The third-order valence-corrected chi connectivity index (χ3v) is 9.17. The number of ether oxygens (including phenoxy) is 1. The summed E-state index contributed by atoms with van der Waals surface area (Å²) in [6, 6.07) is 5.74. The number of thiazole rings is 1. The highest BCUT2D eigenvalue weighted by atomic mass is 32.2. The van der Waals surface area contributed by atoms with Crippen molar-refractivity contribution in [2.24, 2.45) is 5.73 Å². The van der Waals surface area contributed by atoms with Crippen LogP contribution in [0.1, 0.15) is 34.7 Å². The van der Waals surface area contributed by atoms with Gasteiger partial charge in [-0.2, -0.15) is 4.31 Å². The summed E-state index contributed by atoms with van der Waals surface area (Å²) in [5.74, 6) is -0.553. The Balaban J connectivity index is 1.51. The van der Waals surface area contributed by atoms with E-state index in [2.05, 4.69) is 4.98 Å². The lowest BCUT2D eigenvalue weighted by atomic mass is 10.0. The minimum Gasteiger partial charge on any atom is -0.444 e. The van der Waals surface area contributed by atoms with Gasteiger partial charge in [-0.15, -0.1) is 11.3 Å². The summed E-state index contributed by atoms with van der Waals surface area (Å²) in [5.41, 5.74) is 8.45. The number of aryl methyl sites for hydroxylation is 2. The zero-order valence-corrected chi connectivity index (χ0v) is 19.0. The van der Waals surface area contributed by atoms with E-state index >= 15 is 0 Å². The largest absolute Gasteiger partial charge is 0.444 e. The highest BCUT2D eigenvalue weighted by Crippen LogP contribution is 2.34. The molecule has 166 valence electrons. The van der Waals surface area contributed by atoms with Gasteiger partial charge in [0.1, 0.15) is 11.6 Å². The van der Waals surface area contributed by atoms with Crippen molar-refractivity contribution in [2.45, 2.75) is 50.0 Å². The maximum Gasteiger partial charge on any atom is 0.414 e. The Hall–Kier alpha value is -2.50. The fourth-order valence-electron chi connectivity index (χ4n) is 4.08. The minimum absolute atomic E-state index is 0.0843. The lowest BCUT2D eigenvalue weighted by molar-refractivity contribution is -0.117. The number of carbonyl (C=O) groups is 2. The molecule has 0 unspecified atom stereocenters. The highest BCUT2D eigenvalue weighted by molar-refractivity contribution is 7.91. The Labute approximate surface area is 184 Å². The van der Waals surface area contributed by atoms with Gasteiger partial charge in [-0.1, -0.05) is 17.7 Å². The number of anilines is 1. The zero-order valence-electron chi connectivity index (χ0n) is 17.3. The Morgan fingerprint density at radius 1 is 1.29 bits per heavy atom. The quantitative estimate of drug-likeness (QED) is 0.723. The molecule has 1 saturated heterocycles. The van der Waals surface area contributed by atoms with Gasteiger partial charge in [0.2, 0.25) is 5.91 Å². The number of aromatic nitrogens is 1. The first kappa shape index (κ1) is 21.7. The van der Waals surface area contributed by atoms with E-state index < -0.39 is 22.0 Å². The van der Waals surface area contributed by atoms with Crippen molar-refractivity contribution in [2.75, 3.05) is 18.0 Å². The molecule has 2 aliphatic heterocycles. The molecule has 9 nitrogen and oxygen atoms in total. The van der Waals surface area contributed by atoms with E-state index in [-0.39, 0.29) is 36.4 Å². The third kappa shape index (κ3) is 4.17. The van der Waals surface area contributed by atoms with Gasteiger partial charge in [0, 0.05) is 24.7 Å². The lowest BCUT2D eigenvalue weighted by Crippen LogP contribution is -2.50. The van der Waals surface area contributed by atoms with Crippen LogP contribution < -0.4 is 10.6 Å². The van der Waals surface area contributed by atoms with Crippen molar-refractivity contribution in [3.8, 4) is 0 Å². The second kappa shape index (κ2) is 8.21. The number of cyclic esters (lactones) is 1. The maximum absolute atomic E-state index is 13.2. The second-order valence-electron chi connectivity index (χ2n) is 7.82. The Bertz CT molecular complexity index is 1140. The van der Waals surface area contributed by atoms with E-state index in [0.29, 0.717) is 23.5 Å². The molecule has 1 aromatic carbocycles. The fraction of sp³-hybridized carbons (Fsp3) is 0.450. The Kier molecular flexibility index (Phi) is 5.75. The van der Waals surface area contributed by atoms with Gasteiger partial charge in [-0.05, 0) is 32.8 Å². The first-order chi connectivity index (χ1) is 14.7. The molecular weight excluding hydrogens is 440 g/mol. The number of rotatable bonds is 5. The molecule has 1 aromatic heterocycles. The van der Waals surface area contributed by atoms with Gasteiger partial charge in [0.15, 0.2) is 4.21 Å². The predicted molar refractivity (Wildman–Crippen MR) is 115 cm³/mol. The van der Waals surface area contributed by atoms with Gasteiger partial charge < -0.3 is 10.5 Å². The van der Waals surface area contributed by atoms with E-state index in [1.165, 1.54) is 4.31 Å². The number of fused-ring (bicyclic) bond motifs is 1. The number of hydrogen-bond donors (Lipinski definition) is 1. The monoisotopic (exact) mass is 464 g/mol. The molecule has 3 heterocycles. The molecule has 0 saturated carbocycles. The van der Waals surface area contributed by atoms with Crippen LogP contribution in [0.15, 0.2) is 22.4 Å². The molecule has 11 heteroatoms. The molecular formula is C20H24N4O5S2. The van der Waals surface area contributed by atoms with E-state index in [1.807, 2.05) is 25.1 Å². The first-order valence-corrected chi connectivity index (χ1v) is 12.2. The van der Waals surface area contributed by atoms with Gasteiger partial charge in [0.05, 0.1) is 17.8 Å². The van der Waals surface area contributed by atoms with Crippen LogP contribution >= 0.6 is 11.3 Å².